The van der Waals surface area contributed by atoms with Gasteiger partial charge in [-0.2, -0.15) is 0 Å². The number of nitrogens with one attached hydrogen (secondary N) is 2. The van der Waals surface area contributed by atoms with E-state index in [-0.39, 0.29) is 0 Å². The van der Waals surface area contributed by atoms with Crippen LogP contribution in [0.1, 0.15) is 24.9 Å². The Morgan fingerprint density at radius 1 is 1.21 bits per heavy atom. The minimum atomic E-state index is 0.432. The van der Waals surface area contributed by atoms with E-state index in [4.69, 9.17) is 0 Å². The highest BCUT2D eigenvalue weighted by Gasteiger charge is 2.07. The van der Waals surface area contributed by atoms with Gasteiger partial charge in [-0.15, -0.1) is 0 Å². The Balaban J connectivity index is 2.58. The van der Waals surface area contributed by atoms with E-state index in [1.165, 1.54) is 12.0 Å². The molecule has 0 saturated heterocycles. The highest BCUT2D eigenvalue weighted by Crippen LogP contribution is 2.10. The minimum Gasteiger partial charge on any atom is -0.318 e. The average Bonchev–Trinajstić information content (AvgIpc) is 2.25. The smallest absolute Gasteiger partial charge is 0.0446 e. The third-order valence-corrected chi connectivity index (χ3v) is 2.25. The molecule has 0 saturated carbocycles. The molecule has 2 heteroatoms. The van der Waals surface area contributed by atoms with E-state index in [1.54, 1.807) is 0 Å². The standard InChI is InChI=1S/C12H20N2/c1-3-9-14-12(10-13-2)11-7-5-4-6-8-11/h4-8,12-14H,3,9-10H2,1-2H3. The first-order valence-electron chi connectivity index (χ1n) is 5.31. The Kier molecular flexibility index (Phi) is 5.27. The molecule has 14 heavy (non-hydrogen) atoms. The largest absolute Gasteiger partial charge is 0.318 e. The first kappa shape index (κ1) is 11.2. The zero-order valence-corrected chi connectivity index (χ0v) is 9.09. The highest BCUT2D eigenvalue weighted by atomic mass is 15.0. The van der Waals surface area contributed by atoms with Gasteiger partial charge < -0.3 is 10.6 Å². The van der Waals surface area contributed by atoms with Crippen molar-refractivity contribution >= 4 is 0 Å². The van der Waals surface area contributed by atoms with Gasteiger partial charge in [0.1, 0.15) is 0 Å². The van der Waals surface area contributed by atoms with Crippen LogP contribution in [0.4, 0.5) is 0 Å². The second-order valence-electron chi connectivity index (χ2n) is 3.48. The molecule has 0 spiro atoms. The lowest BCUT2D eigenvalue weighted by molar-refractivity contribution is 0.509. The normalized spacial score (nSPS) is 12.7. The molecule has 78 valence electrons. The summed E-state index contributed by atoms with van der Waals surface area (Å²) in [5.74, 6) is 0. The zero-order chi connectivity index (χ0) is 10.2. The molecule has 0 amide bonds. The van der Waals surface area contributed by atoms with Gasteiger partial charge in [-0.1, -0.05) is 37.3 Å². The molecule has 0 radical (unpaired) electrons. The lowest BCUT2D eigenvalue weighted by Crippen LogP contribution is -2.30. The lowest BCUT2D eigenvalue weighted by Gasteiger charge is -2.18. The van der Waals surface area contributed by atoms with Crippen molar-refractivity contribution in [2.45, 2.75) is 19.4 Å². The molecule has 0 heterocycles. The van der Waals surface area contributed by atoms with Crippen molar-refractivity contribution in [1.82, 2.24) is 10.6 Å². The molecule has 0 bridgehead atoms. The predicted molar refractivity (Wildman–Crippen MR) is 61.4 cm³/mol. The highest BCUT2D eigenvalue weighted by molar-refractivity contribution is 5.19. The molecule has 2 N–H and O–H groups in total. The molecule has 0 aliphatic rings. The molecule has 1 atom stereocenters. The second kappa shape index (κ2) is 6.57. The first-order valence-corrected chi connectivity index (χ1v) is 5.31. The maximum Gasteiger partial charge on any atom is 0.0446 e. The van der Waals surface area contributed by atoms with Gasteiger partial charge in [0.05, 0.1) is 0 Å². The van der Waals surface area contributed by atoms with Crippen LogP contribution in [0.2, 0.25) is 0 Å². The molecule has 1 rings (SSSR count). The van der Waals surface area contributed by atoms with Crippen LogP contribution in [0.25, 0.3) is 0 Å². The van der Waals surface area contributed by atoms with Crippen LogP contribution in [-0.2, 0) is 0 Å². The molecule has 0 fully saturated rings. The Hall–Kier alpha value is -0.860. The minimum absolute atomic E-state index is 0.432. The quantitative estimate of drug-likeness (QED) is 0.720. The number of hydrogen-bond acceptors (Lipinski definition) is 2. The van der Waals surface area contributed by atoms with Crippen molar-refractivity contribution < 1.29 is 0 Å². The fraction of sp³-hybridized carbons (Fsp3) is 0.500. The number of likely N-dealkylation sites (N-methyl/N-ethyl adjacent to an activating group) is 1. The van der Waals surface area contributed by atoms with E-state index < -0.39 is 0 Å². The van der Waals surface area contributed by atoms with Crippen LogP contribution < -0.4 is 10.6 Å². The van der Waals surface area contributed by atoms with Crippen LogP contribution >= 0.6 is 0 Å². The van der Waals surface area contributed by atoms with Crippen molar-refractivity contribution in [1.29, 1.82) is 0 Å². The summed E-state index contributed by atoms with van der Waals surface area (Å²) >= 11 is 0. The van der Waals surface area contributed by atoms with Crippen LogP contribution in [0.3, 0.4) is 0 Å². The van der Waals surface area contributed by atoms with Gasteiger partial charge in [0, 0.05) is 12.6 Å². The fourth-order valence-corrected chi connectivity index (χ4v) is 1.52. The molecule has 1 aromatic rings. The maximum atomic E-state index is 3.52. The Labute approximate surface area is 86.7 Å². The summed E-state index contributed by atoms with van der Waals surface area (Å²) in [4.78, 5) is 0. The summed E-state index contributed by atoms with van der Waals surface area (Å²) < 4.78 is 0. The molecule has 2 nitrogen and oxygen atoms in total. The van der Waals surface area contributed by atoms with E-state index in [2.05, 4.69) is 47.9 Å². The van der Waals surface area contributed by atoms with Crippen molar-refractivity contribution in [3.05, 3.63) is 35.9 Å². The molecular formula is C12H20N2. The van der Waals surface area contributed by atoms with E-state index in [0.717, 1.165) is 13.1 Å². The van der Waals surface area contributed by atoms with Crippen molar-refractivity contribution in [3.8, 4) is 0 Å². The molecule has 0 aliphatic heterocycles. The number of rotatable bonds is 6. The molecule has 1 unspecified atom stereocenters. The fourth-order valence-electron chi connectivity index (χ4n) is 1.52. The molecule has 1 aromatic carbocycles. The molecule has 0 aliphatic carbocycles. The zero-order valence-electron chi connectivity index (χ0n) is 9.09. The molecular weight excluding hydrogens is 172 g/mol. The van der Waals surface area contributed by atoms with Gasteiger partial charge in [-0.3, -0.25) is 0 Å². The van der Waals surface area contributed by atoms with E-state index in [0.29, 0.717) is 6.04 Å². The van der Waals surface area contributed by atoms with Crippen molar-refractivity contribution in [2.75, 3.05) is 20.1 Å². The average molecular weight is 192 g/mol. The van der Waals surface area contributed by atoms with Crippen molar-refractivity contribution in [3.63, 3.8) is 0 Å². The predicted octanol–water partition coefficient (Wildman–Crippen LogP) is 1.95. The van der Waals surface area contributed by atoms with Gasteiger partial charge in [-0.05, 0) is 25.6 Å². The van der Waals surface area contributed by atoms with Gasteiger partial charge in [0.25, 0.3) is 0 Å². The summed E-state index contributed by atoms with van der Waals surface area (Å²) in [7, 11) is 1.99. The van der Waals surface area contributed by atoms with E-state index >= 15 is 0 Å². The Morgan fingerprint density at radius 2 is 1.93 bits per heavy atom. The van der Waals surface area contributed by atoms with Crippen LogP contribution in [0.15, 0.2) is 30.3 Å². The van der Waals surface area contributed by atoms with Crippen LogP contribution in [0, 0.1) is 0 Å². The van der Waals surface area contributed by atoms with Gasteiger partial charge in [-0.25, -0.2) is 0 Å². The van der Waals surface area contributed by atoms with Gasteiger partial charge in [0.15, 0.2) is 0 Å². The summed E-state index contributed by atoms with van der Waals surface area (Å²) in [5, 5.41) is 6.74. The summed E-state index contributed by atoms with van der Waals surface area (Å²) in [6.45, 7) is 4.24. The third kappa shape index (κ3) is 3.48. The maximum absolute atomic E-state index is 3.52. The van der Waals surface area contributed by atoms with Crippen LogP contribution in [0.5, 0.6) is 0 Å². The number of hydrogen-bond donors (Lipinski definition) is 2. The Morgan fingerprint density at radius 3 is 2.50 bits per heavy atom. The monoisotopic (exact) mass is 192 g/mol. The topological polar surface area (TPSA) is 24.1 Å². The SMILES string of the molecule is CCCNC(CNC)c1ccccc1. The molecule has 0 aromatic heterocycles. The summed E-state index contributed by atoms with van der Waals surface area (Å²) in [5.41, 5.74) is 1.36. The van der Waals surface area contributed by atoms with Gasteiger partial charge >= 0.3 is 0 Å². The lowest BCUT2D eigenvalue weighted by atomic mass is 10.1. The van der Waals surface area contributed by atoms with E-state index in [9.17, 15) is 0 Å². The first-order chi connectivity index (χ1) is 6.88. The third-order valence-electron chi connectivity index (χ3n) is 2.25. The number of benzene rings is 1. The second-order valence-corrected chi connectivity index (χ2v) is 3.48. The summed E-state index contributed by atoms with van der Waals surface area (Å²) in [6, 6.07) is 11.0. The van der Waals surface area contributed by atoms with Gasteiger partial charge in [0.2, 0.25) is 0 Å². The Bertz CT molecular complexity index is 233. The van der Waals surface area contributed by atoms with E-state index in [1.807, 2.05) is 7.05 Å². The van der Waals surface area contributed by atoms with Crippen molar-refractivity contribution in [2.24, 2.45) is 0 Å². The summed E-state index contributed by atoms with van der Waals surface area (Å²) in [6.07, 6.45) is 1.17. The van der Waals surface area contributed by atoms with Crippen LogP contribution in [-0.4, -0.2) is 20.1 Å².